The average Bonchev–Trinajstić information content (AvgIpc) is 2.55. The number of rotatable bonds is 4. The third-order valence-electron chi connectivity index (χ3n) is 4.21. The number of hydrogen-bond donors (Lipinski definition) is 2. The largest absolute Gasteiger partial charge is 0.353 e. The highest BCUT2D eigenvalue weighted by molar-refractivity contribution is 5.95. The van der Waals surface area contributed by atoms with E-state index in [0.717, 1.165) is 16.5 Å². The van der Waals surface area contributed by atoms with Gasteiger partial charge in [0.25, 0.3) is 0 Å². The Kier molecular flexibility index (Phi) is 4.57. The predicted molar refractivity (Wildman–Crippen MR) is 91.2 cm³/mol. The maximum Gasteiger partial charge on any atom is 0.238 e. The van der Waals surface area contributed by atoms with Gasteiger partial charge >= 0.3 is 0 Å². The van der Waals surface area contributed by atoms with Crippen LogP contribution in [0.4, 0.5) is 5.69 Å². The molecule has 0 bridgehead atoms. The molecule has 0 radical (unpaired) electrons. The molecule has 2 N–H and O–H groups in total. The molecule has 3 rings (SSSR count). The van der Waals surface area contributed by atoms with Crippen LogP contribution < -0.4 is 10.6 Å². The number of nitrogens with one attached hydrogen (secondary N) is 2. The molecule has 0 aliphatic carbocycles. The van der Waals surface area contributed by atoms with Gasteiger partial charge < -0.3 is 10.6 Å². The van der Waals surface area contributed by atoms with Gasteiger partial charge in [-0.25, -0.2) is 0 Å². The fourth-order valence-corrected chi connectivity index (χ4v) is 3.05. The molecule has 23 heavy (non-hydrogen) atoms. The smallest absolute Gasteiger partial charge is 0.238 e. The number of carbonyl (C=O) groups excluding carboxylic acids is 2. The highest BCUT2D eigenvalue weighted by Crippen LogP contribution is 2.19. The van der Waals surface area contributed by atoms with E-state index in [-0.39, 0.29) is 24.4 Å². The van der Waals surface area contributed by atoms with Crippen LogP contribution in [0.25, 0.3) is 10.8 Å². The highest BCUT2D eigenvalue weighted by Gasteiger charge is 2.29. The molecule has 1 fully saturated rings. The zero-order chi connectivity index (χ0) is 16.2. The Morgan fingerprint density at radius 2 is 2.04 bits per heavy atom. The number of anilines is 1. The van der Waals surface area contributed by atoms with E-state index < -0.39 is 0 Å². The number of hydrogen-bond acceptors (Lipinski definition) is 3. The minimum atomic E-state index is -0.217. The third-order valence-corrected chi connectivity index (χ3v) is 4.21. The number of fused-ring (bicyclic) bond motifs is 1. The van der Waals surface area contributed by atoms with Crippen LogP contribution in [0.2, 0.25) is 0 Å². The molecular formula is C18H21N3O2. The van der Waals surface area contributed by atoms with Crippen molar-refractivity contribution in [2.24, 2.45) is 0 Å². The zero-order valence-corrected chi connectivity index (χ0v) is 13.2. The number of amides is 2. The first-order valence-electron chi connectivity index (χ1n) is 7.98. The van der Waals surface area contributed by atoms with Gasteiger partial charge in [0.2, 0.25) is 11.8 Å². The van der Waals surface area contributed by atoms with Crippen molar-refractivity contribution < 1.29 is 9.59 Å². The molecule has 1 aliphatic rings. The average molecular weight is 311 g/mol. The lowest BCUT2D eigenvalue weighted by atomic mass is 10.1. The van der Waals surface area contributed by atoms with Crippen LogP contribution in [0.5, 0.6) is 0 Å². The predicted octanol–water partition coefficient (Wildman–Crippen LogP) is 1.99. The lowest BCUT2D eigenvalue weighted by Crippen LogP contribution is -2.56. The van der Waals surface area contributed by atoms with E-state index in [4.69, 9.17) is 0 Å². The van der Waals surface area contributed by atoms with Crippen molar-refractivity contribution in [3.05, 3.63) is 42.5 Å². The van der Waals surface area contributed by atoms with Crippen molar-refractivity contribution in [3.63, 3.8) is 0 Å². The van der Waals surface area contributed by atoms with E-state index >= 15 is 0 Å². The van der Waals surface area contributed by atoms with Gasteiger partial charge in [-0.15, -0.1) is 0 Å². The van der Waals surface area contributed by atoms with E-state index in [0.29, 0.717) is 19.5 Å². The van der Waals surface area contributed by atoms with Crippen LogP contribution in [0.15, 0.2) is 42.5 Å². The summed E-state index contributed by atoms with van der Waals surface area (Å²) < 4.78 is 0. The molecular weight excluding hydrogens is 290 g/mol. The van der Waals surface area contributed by atoms with Crippen molar-refractivity contribution in [1.82, 2.24) is 10.2 Å². The number of nitrogens with zero attached hydrogens (tertiary/aromatic N) is 1. The quantitative estimate of drug-likeness (QED) is 0.908. The number of carbonyl (C=O) groups is 2. The van der Waals surface area contributed by atoms with Crippen LogP contribution in [-0.2, 0) is 9.59 Å². The van der Waals surface area contributed by atoms with Crippen LogP contribution in [-0.4, -0.2) is 42.4 Å². The van der Waals surface area contributed by atoms with E-state index in [1.807, 2.05) is 54.3 Å². The van der Waals surface area contributed by atoms with Crippen LogP contribution in [0, 0.1) is 0 Å². The summed E-state index contributed by atoms with van der Waals surface area (Å²) in [5, 5.41) is 8.01. The van der Waals surface area contributed by atoms with Gasteiger partial charge in [-0.1, -0.05) is 37.3 Å². The standard InChI is InChI=1S/C18H21N3O2/c1-2-16-18(23)19-9-10-21(16)12-17(22)20-15-8-7-13-5-3-4-6-14(13)11-15/h3-8,11,16H,2,9-10,12H2,1H3,(H,19,23)(H,20,22). The Morgan fingerprint density at radius 3 is 2.83 bits per heavy atom. The molecule has 1 atom stereocenters. The normalized spacial score (nSPS) is 18.7. The fourth-order valence-electron chi connectivity index (χ4n) is 3.05. The molecule has 0 aromatic heterocycles. The third kappa shape index (κ3) is 3.51. The summed E-state index contributed by atoms with van der Waals surface area (Å²) in [6, 6.07) is 13.7. The molecule has 1 unspecified atom stereocenters. The van der Waals surface area contributed by atoms with Crippen LogP contribution in [0.3, 0.4) is 0 Å². The molecule has 2 aromatic carbocycles. The molecule has 1 saturated heterocycles. The monoisotopic (exact) mass is 311 g/mol. The Labute approximate surface area is 135 Å². The number of benzene rings is 2. The summed E-state index contributed by atoms with van der Waals surface area (Å²) in [6.07, 6.45) is 0.703. The highest BCUT2D eigenvalue weighted by atomic mass is 16.2. The van der Waals surface area contributed by atoms with E-state index in [1.165, 1.54) is 0 Å². The van der Waals surface area contributed by atoms with Gasteiger partial charge in [0.1, 0.15) is 0 Å². The lowest BCUT2D eigenvalue weighted by molar-refractivity contribution is -0.130. The summed E-state index contributed by atoms with van der Waals surface area (Å²) in [5.74, 6) is -0.0781. The molecule has 5 nitrogen and oxygen atoms in total. The van der Waals surface area contributed by atoms with Crippen molar-refractivity contribution in [1.29, 1.82) is 0 Å². The Balaban J connectivity index is 1.67. The van der Waals surface area contributed by atoms with Gasteiger partial charge in [-0.3, -0.25) is 14.5 Å². The Morgan fingerprint density at radius 1 is 1.26 bits per heavy atom. The van der Waals surface area contributed by atoms with Crippen molar-refractivity contribution in [2.45, 2.75) is 19.4 Å². The van der Waals surface area contributed by atoms with Gasteiger partial charge in [0.05, 0.1) is 12.6 Å². The summed E-state index contributed by atoms with van der Waals surface area (Å²) in [4.78, 5) is 26.1. The molecule has 120 valence electrons. The van der Waals surface area contributed by atoms with Gasteiger partial charge in [0, 0.05) is 18.8 Å². The van der Waals surface area contributed by atoms with Crippen molar-refractivity contribution in [2.75, 3.05) is 25.0 Å². The molecule has 0 saturated carbocycles. The van der Waals surface area contributed by atoms with Crippen molar-refractivity contribution >= 4 is 28.3 Å². The van der Waals surface area contributed by atoms with Crippen LogP contribution in [0.1, 0.15) is 13.3 Å². The molecule has 1 aliphatic heterocycles. The molecule has 2 aromatic rings. The topological polar surface area (TPSA) is 61.4 Å². The van der Waals surface area contributed by atoms with E-state index in [9.17, 15) is 9.59 Å². The Bertz CT molecular complexity index is 729. The SMILES string of the molecule is CCC1C(=O)NCCN1CC(=O)Nc1ccc2ccccc2c1. The zero-order valence-electron chi connectivity index (χ0n) is 13.2. The maximum absolute atomic E-state index is 12.3. The molecule has 1 heterocycles. The molecule has 5 heteroatoms. The van der Waals surface area contributed by atoms with Crippen LogP contribution >= 0.6 is 0 Å². The first-order valence-corrected chi connectivity index (χ1v) is 7.98. The van der Waals surface area contributed by atoms with E-state index in [2.05, 4.69) is 10.6 Å². The minimum Gasteiger partial charge on any atom is -0.353 e. The maximum atomic E-state index is 12.3. The summed E-state index contributed by atoms with van der Waals surface area (Å²) >= 11 is 0. The second-order valence-corrected chi connectivity index (χ2v) is 5.80. The first kappa shape index (κ1) is 15.5. The van der Waals surface area contributed by atoms with Gasteiger partial charge in [0.15, 0.2) is 0 Å². The summed E-state index contributed by atoms with van der Waals surface area (Å²) in [6.45, 7) is 3.50. The summed E-state index contributed by atoms with van der Waals surface area (Å²) in [5.41, 5.74) is 0.781. The Hall–Kier alpha value is -2.40. The summed E-state index contributed by atoms with van der Waals surface area (Å²) in [7, 11) is 0. The van der Waals surface area contributed by atoms with Gasteiger partial charge in [-0.05, 0) is 29.3 Å². The number of piperazine rings is 1. The second-order valence-electron chi connectivity index (χ2n) is 5.80. The van der Waals surface area contributed by atoms with Crippen molar-refractivity contribution in [3.8, 4) is 0 Å². The molecule has 2 amide bonds. The fraction of sp³-hybridized carbons (Fsp3) is 0.333. The van der Waals surface area contributed by atoms with Gasteiger partial charge in [-0.2, -0.15) is 0 Å². The lowest BCUT2D eigenvalue weighted by Gasteiger charge is -2.33. The first-order chi connectivity index (χ1) is 11.2. The second kappa shape index (κ2) is 6.79. The minimum absolute atomic E-state index is 0.0113. The van der Waals surface area contributed by atoms with E-state index in [1.54, 1.807) is 0 Å². The molecule has 0 spiro atoms.